The molecule has 0 aliphatic heterocycles. The van der Waals surface area contributed by atoms with Crippen LogP contribution in [0.15, 0.2) is 24.9 Å². The zero-order valence-electron chi connectivity index (χ0n) is 12.9. The summed E-state index contributed by atoms with van der Waals surface area (Å²) >= 11 is 7.92. The fraction of sp³-hybridized carbons (Fsp3) is 0.412. The van der Waals surface area contributed by atoms with Gasteiger partial charge in [-0.15, -0.1) is 0 Å². The van der Waals surface area contributed by atoms with Crippen LogP contribution in [0.2, 0.25) is 5.02 Å². The normalized spacial score (nSPS) is 14.8. The van der Waals surface area contributed by atoms with E-state index in [1.165, 1.54) is 11.8 Å². The molecule has 4 rings (SSSR count). The van der Waals surface area contributed by atoms with Gasteiger partial charge in [-0.3, -0.25) is 0 Å². The average Bonchev–Trinajstić information content (AvgIpc) is 2.93. The van der Waals surface area contributed by atoms with Crippen LogP contribution in [0.5, 0.6) is 0 Å². The van der Waals surface area contributed by atoms with Crippen molar-refractivity contribution in [3.05, 3.63) is 32.6 Å². The topological polar surface area (TPSA) is 56.2 Å². The Morgan fingerprint density at radius 2 is 1.91 bits per heavy atom. The van der Waals surface area contributed by atoms with Gasteiger partial charge in [0.05, 0.1) is 5.02 Å². The van der Waals surface area contributed by atoms with Gasteiger partial charge in [0, 0.05) is 16.2 Å². The Kier molecular flexibility index (Phi) is 3.65. The first kappa shape index (κ1) is 15.1. The molecule has 0 bridgehead atoms. The molecule has 1 aromatic carbocycles. The van der Waals surface area contributed by atoms with Crippen LogP contribution in [-0.2, 0) is 12.8 Å². The zero-order valence-corrected chi connectivity index (χ0v) is 14.5. The van der Waals surface area contributed by atoms with Gasteiger partial charge in [0.25, 0.3) is 5.22 Å². The summed E-state index contributed by atoms with van der Waals surface area (Å²) in [6, 6.07) is 1.85. The average molecular weight is 350 g/mol. The lowest BCUT2D eigenvalue weighted by molar-refractivity contribution is 0.489. The highest BCUT2D eigenvalue weighted by atomic mass is 35.5. The predicted molar refractivity (Wildman–Crippen MR) is 92.7 cm³/mol. The van der Waals surface area contributed by atoms with Crippen LogP contribution >= 0.6 is 23.4 Å². The monoisotopic (exact) mass is 349 g/mol. The molecule has 6 heteroatoms. The van der Waals surface area contributed by atoms with E-state index in [1.807, 2.05) is 6.07 Å². The smallest absolute Gasteiger partial charge is 0.339 e. The highest BCUT2D eigenvalue weighted by Gasteiger charge is 2.23. The second-order valence-electron chi connectivity index (χ2n) is 6.11. The molecule has 0 amide bonds. The second-order valence-corrected chi connectivity index (χ2v) is 8.05. The maximum Gasteiger partial charge on any atom is 0.339 e. The number of hydrogen-bond acceptors (Lipinski definition) is 5. The number of halogens is 1. The Bertz CT molecular complexity index is 974. The first-order valence-corrected chi connectivity index (χ1v) is 9.04. The lowest BCUT2D eigenvalue weighted by atomic mass is 9.90. The van der Waals surface area contributed by atoms with E-state index >= 15 is 0 Å². The summed E-state index contributed by atoms with van der Waals surface area (Å²) in [7, 11) is 0. The van der Waals surface area contributed by atoms with E-state index in [4.69, 9.17) is 20.4 Å². The Hall–Kier alpha value is -1.46. The van der Waals surface area contributed by atoms with Gasteiger partial charge < -0.3 is 8.83 Å². The van der Waals surface area contributed by atoms with Crippen LogP contribution in [-0.4, -0.2) is 10.2 Å². The molecule has 2 heterocycles. The van der Waals surface area contributed by atoms with Gasteiger partial charge in [-0.1, -0.05) is 37.2 Å². The molecular weight excluding hydrogens is 334 g/mol. The van der Waals surface area contributed by atoms with Crippen molar-refractivity contribution in [3.63, 3.8) is 0 Å². The standard InChI is InChI=1S/C17H16ClNO3S/c1-8(2)23-17-19-13-14-11(7-12(18)15(13)22-17)9-5-3-4-6-10(9)16(20)21-14/h7-8H,3-6H2,1-2H3. The van der Waals surface area contributed by atoms with Crippen molar-refractivity contribution in [1.82, 2.24) is 4.98 Å². The maximum atomic E-state index is 12.3. The molecule has 0 spiro atoms. The molecule has 2 aromatic heterocycles. The number of fused-ring (bicyclic) bond motifs is 5. The predicted octanol–water partition coefficient (Wildman–Crippen LogP) is 4.97. The van der Waals surface area contributed by atoms with Crippen molar-refractivity contribution in [2.24, 2.45) is 0 Å². The molecule has 0 N–H and O–H groups in total. The van der Waals surface area contributed by atoms with Crippen molar-refractivity contribution in [2.45, 2.75) is 50.0 Å². The van der Waals surface area contributed by atoms with E-state index in [2.05, 4.69) is 18.8 Å². The first-order chi connectivity index (χ1) is 11.0. The fourth-order valence-corrected chi connectivity index (χ4v) is 4.08. The van der Waals surface area contributed by atoms with Crippen LogP contribution in [0.4, 0.5) is 0 Å². The Balaban J connectivity index is 2.06. The number of benzene rings is 1. The Morgan fingerprint density at radius 3 is 2.65 bits per heavy atom. The second kappa shape index (κ2) is 5.56. The molecule has 1 aliphatic carbocycles. The van der Waals surface area contributed by atoms with Gasteiger partial charge in [0.1, 0.15) is 0 Å². The third kappa shape index (κ3) is 2.46. The fourth-order valence-electron chi connectivity index (χ4n) is 3.16. The molecule has 4 nitrogen and oxygen atoms in total. The summed E-state index contributed by atoms with van der Waals surface area (Å²) in [5, 5.41) is 2.29. The van der Waals surface area contributed by atoms with Crippen molar-refractivity contribution in [2.75, 3.05) is 0 Å². The quantitative estimate of drug-likeness (QED) is 0.483. The number of aryl methyl sites for hydroxylation is 1. The summed E-state index contributed by atoms with van der Waals surface area (Å²) in [5.74, 6) is 0. The molecule has 0 atom stereocenters. The van der Waals surface area contributed by atoms with Gasteiger partial charge >= 0.3 is 5.63 Å². The summed E-state index contributed by atoms with van der Waals surface area (Å²) < 4.78 is 11.4. The third-order valence-corrected chi connectivity index (χ3v) is 5.25. The number of rotatable bonds is 2. The highest BCUT2D eigenvalue weighted by molar-refractivity contribution is 7.99. The SMILES string of the molecule is CC(C)Sc1nc2c(o1)c(Cl)cc1c3c(c(=O)oc12)CCCC3. The van der Waals surface area contributed by atoms with E-state index in [1.54, 1.807) is 0 Å². The lowest BCUT2D eigenvalue weighted by Crippen LogP contribution is -2.15. The van der Waals surface area contributed by atoms with E-state index in [-0.39, 0.29) is 5.63 Å². The van der Waals surface area contributed by atoms with Crippen molar-refractivity contribution < 1.29 is 8.83 Å². The minimum atomic E-state index is -0.253. The largest absolute Gasteiger partial charge is 0.430 e. The van der Waals surface area contributed by atoms with Crippen LogP contribution in [0.1, 0.15) is 37.8 Å². The van der Waals surface area contributed by atoms with E-state index in [9.17, 15) is 4.79 Å². The Morgan fingerprint density at radius 1 is 1.17 bits per heavy atom. The zero-order chi connectivity index (χ0) is 16.1. The summed E-state index contributed by atoms with van der Waals surface area (Å²) in [6.07, 6.45) is 3.76. The van der Waals surface area contributed by atoms with Crippen molar-refractivity contribution in [1.29, 1.82) is 0 Å². The minimum absolute atomic E-state index is 0.253. The summed E-state index contributed by atoms with van der Waals surface area (Å²) in [5.41, 5.74) is 3.13. The van der Waals surface area contributed by atoms with Gasteiger partial charge in [-0.25, -0.2) is 4.79 Å². The summed E-state index contributed by atoms with van der Waals surface area (Å²) in [4.78, 5) is 16.8. The molecule has 1 aliphatic rings. The number of oxazole rings is 1. The number of nitrogens with zero attached hydrogens (tertiary/aromatic N) is 1. The first-order valence-electron chi connectivity index (χ1n) is 7.79. The van der Waals surface area contributed by atoms with Gasteiger partial charge in [-0.2, -0.15) is 4.98 Å². The van der Waals surface area contributed by atoms with Gasteiger partial charge in [-0.05, 0) is 37.3 Å². The molecule has 0 radical (unpaired) electrons. The molecule has 0 saturated carbocycles. The minimum Gasteiger partial charge on any atom is -0.430 e. The van der Waals surface area contributed by atoms with Gasteiger partial charge in [0.2, 0.25) is 0 Å². The van der Waals surface area contributed by atoms with Gasteiger partial charge in [0.15, 0.2) is 16.7 Å². The van der Waals surface area contributed by atoms with E-state index < -0.39 is 0 Å². The number of aromatic nitrogens is 1. The van der Waals surface area contributed by atoms with Crippen LogP contribution in [0, 0.1) is 0 Å². The van der Waals surface area contributed by atoms with E-state index in [0.29, 0.717) is 32.2 Å². The maximum absolute atomic E-state index is 12.3. The van der Waals surface area contributed by atoms with Crippen LogP contribution in [0.25, 0.3) is 22.1 Å². The molecule has 3 aromatic rings. The molecule has 23 heavy (non-hydrogen) atoms. The number of hydrogen-bond donors (Lipinski definition) is 0. The van der Waals surface area contributed by atoms with Crippen LogP contribution < -0.4 is 5.63 Å². The molecule has 120 valence electrons. The van der Waals surface area contributed by atoms with Crippen molar-refractivity contribution in [3.8, 4) is 0 Å². The van der Waals surface area contributed by atoms with E-state index in [0.717, 1.165) is 42.2 Å². The lowest BCUT2D eigenvalue weighted by Gasteiger charge is -2.16. The molecular formula is C17H16ClNO3S. The summed E-state index contributed by atoms with van der Waals surface area (Å²) in [6.45, 7) is 4.13. The number of thioether (sulfide) groups is 1. The van der Waals surface area contributed by atoms with Crippen molar-refractivity contribution >= 4 is 45.4 Å². The van der Waals surface area contributed by atoms with Crippen LogP contribution in [0.3, 0.4) is 0 Å². The molecule has 0 fully saturated rings. The third-order valence-electron chi connectivity index (χ3n) is 4.13. The Labute approximate surface area is 142 Å². The highest BCUT2D eigenvalue weighted by Crippen LogP contribution is 2.37. The molecule has 0 unspecified atom stereocenters. The molecule has 0 saturated heterocycles.